The molecule has 1 aliphatic rings. The van der Waals surface area contributed by atoms with Crippen LogP contribution in [0.25, 0.3) is 6.08 Å². The summed E-state index contributed by atoms with van der Waals surface area (Å²) >= 11 is 6.07. The van der Waals surface area contributed by atoms with Crippen LogP contribution in [0.2, 0.25) is 0 Å². The van der Waals surface area contributed by atoms with Gasteiger partial charge in [0.2, 0.25) is 0 Å². The van der Waals surface area contributed by atoms with Gasteiger partial charge in [-0.1, -0.05) is 42.2 Å². The Morgan fingerprint density at radius 1 is 1.45 bits per heavy atom. The molecule has 0 radical (unpaired) electrons. The van der Waals surface area contributed by atoms with E-state index in [-0.39, 0.29) is 10.1 Å². The third-order valence-corrected chi connectivity index (χ3v) is 4.12. The normalized spacial score (nSPS) is 18.6. The third kappa shape index (κ3) is 2.68. The molecule has 2 rings (SSSR count). The van der Waals surface area contributed by atoms with E-state index >= 15 is 0 Å². The Morgan fingerprint density at radius 2 is 2.10 bits per heavy atom. The number of aliphatic carboxylic acids is 1. The van der Waals surface area contributed by atoms with Gasteiger partial charge in [0.25, 0.3) is 5.91 Å². The van der Waals surface area contributed by atoms with E-state index in [2.05, 4.69) is 0 Å². The molecule has 1 aromatic carbocycles. The molecule has 0 saturated carbocycles. The Balaban J connectivity index is 2.33. The van der Waals surface area contributed by atoms with Crippen molar-refractivity contribution in [2.24, 2.45) is 0 Å². The second-order valence-corrected chi connectivity index (χ2v) is 5.80. The first-order chi connectivity index (χ1) is 9.41. The van der Waals surface area contributed by atoms with Gasteiger partial charge in [0.05, 0.1) is 4.91 Å². The molecule has 0 aliphatic carbocycles. The van der Waals surface area contributed by atoms with E-state index in [4.69, 9.17) is 17.3 Å². The zero-order valence-corrected chi connectivity index (χ0v) is 12.1. The van der Waals surface area contributed by atoms with E-state index < -0.39 is 17.9 Å². The van der Waals surface area contributed by atoms with Crippen LogP contribution in [0.3, 0.4) is 0 Å². The standard InChI is InChI=1S/C13H11NO4S2/c1-7(12(17)18)14-11(16)10(20-13(14)19)6-8-4-2-3-5-9(8)15/h2-7,15H,1H3,(H,17,18)/b10-6-. The summed E-state index contributed by atoms with van der Waals surface area (Å²) in [6.45, 7) is 1.40. The molecule has 1 unspecified atom stereocenters. The molecule has 104 valence electrons. The predicted molar refractivity (Wildman–Crippen MR) is 80.2 cm³/mol. The van der Waals surface area contributed by atoms with Crippen LogP contribution >= 0.6 is 24.0 Å². The third-order valence-electron chi connectivity index (χ3n) is 2.79. The number of aromatic hydroxyl groups is 1. The lowest BCUT2D eigenvalue weighted by Gasteiger charge is -2.18. The molecule has 1 fully saturated rings. The number of carboxylic acids is 1. The number of phenols is 1. The zero-order valence-electron chi connectivity index (χ0n) is 10.4. The van der Waals surface area contributed by atoms with E-state index in [1.54, 1.807) is 18.2 Å². The number of phenolic OH excluding ortho intramolecular Hbond substituents is 1. The molecule has 0 spiro atoms. The highest BCUT2D eigenvalue weighted by Gasteiger charge is 2.38. The van der Waals surface area contributed by atoms with Crippen LogP contribution in [0, 0.1) is 0 Å². The predicted octanol–water partition coefficient (Wildman–Crippen LogP) is 2.07. The minimum Gasteiger partial charge on any atom is -0.507 e. The molecule has 7 heteroatoms. The van der Waals surface area contributed by atoms with Crippen molar-refractivity contribution in [2.45, 2.75) is 13.0 Å². The first kappa shape index (κ1) is 14.5. The summed E-state index contributed by atoms with van der Waals surface area (Å²) in [5.41, 5.74) is 0.482. The van der Waals surface area contributed by atoms with Crippen molar-refractivity contribution in [3.8, 4) is 5.75 Å². The molecule has 1 amide bonds. The van der Waals surface area contributed by atoms with Crippen LogP contribution in [0.1, 0.15) is 12.5 Å². The van der Waals surface area contributed by atoms with Crippen molar-refractivity contribution >= 4 is 46.3 Å². The molecule has 1 atom stereocenters. The van der Waals surface area contributed by atoms with E-state index in [0.717, 1.165) is 16.7 Å². The lowest BCUT2D eigenvalue weighted by molar-refractivity contribution is -0.144. The minimum atomic E-state index is -1.12. The Bertz CT molecular complexity index is 627. The topological polar surface area (TPSA) is 77.8 Å². The molecular formula is C13H11NO4S2. The van der Waals surface area contributed by atoms with E-state index in [1.807, 2.05) is 0 Å². The van der Waals surface area contributed by atoms with Crippen LogP contribution in [0.5, 0.6) is 5.75 Å². The Labute approximate surface area is 124 Å². The molecule has 20 heavy (non-hydrogen) atoms. The largest absolute Gasteiger partial charge is 0.507 e. The highest BCUT2D eigenvalue weighted by atomic mass is 32.2. The second kappa shape index (κ2) is 5.64. The average molecular weight is 309 g/mol. The van der Waals surface area contributed by atoms with E-state index in [1.165, 1.54) is 19.1 Å². The Hall–Kier alpha value is -1.86. The smallest absolute Gasteiger partial charge is 0.326 e. The maximum Gasteiger partial charge on any atom is 0.326 e. The summed E-state index contributed by atoms with van der Waals surface area (Å²) in [5.74, 6) is -1.53. The highest BCUT2D eigenvalue weighted by Crippen LogP contribution is 2.35. The van der Waals surface area contributed by atoms with Gasteiger partial charge in [-0.05, 0) is 19.1 Å². The Kier molecular flexibility index (Phi) is 4.10. The van der Waals surface area contributed by atoms with Crippen molar-refractivity contribution < 1.29 is 19.8 Å². The summed E-state index contributed by atoms with van der Waals surface area (Å²) in [4.78, 5) is 24.5. The number of thioether (sulfide) groups is 1. The number of para-hydroxylation sites is 1. The van der Waals surface area contributed by atoms with Gasteiger partial charge in [0, 0.05) is 5.56 Å². The van der Waals surface area contributed by atoms with Gasteiger partial charge >= 0.3 is 5.97 Å². The summed E-state index contributed by atoms with van der Waals surface area (Å²) in [5, 5.41) is 18.7. The van der Waals surface area contributed by atoms with Crippen LogP contribution in [0.4, 0.5) is 0 Å². The number of carbonyl (C=O) groups is 2. The van der Waals surface area contributed by atoms with Crippen LogP contribution < -0.4 is 0 Å². The van der Waals surface area contributed by atoms with Gasteiger partial charge in [-0.3, -0.25) is 9.69 Å². The molecule has 1 heterocycles. The van der Waals surface area contributed by atoms with Crippen LogP contribution in [-0.2, 0) is 9.59 Å². The first-order valence-corrected chi connectivity index (χ1v) is 6.92. The fourth-order valence-corrected chi connectivity index (χ4v) is 3.08. The van der Waals surface area contributed by atoms with Gasteiger partial charge in [0.15, 0.2) is 0 Å². The molecule has 1 aromatic rings. The molecular weight excluding hydrogens is 298 g/mol. The van der Waals surface area contributed by atoms with Gasteiger partial charge in [0.1, 0.15) is 16.1 Å². The maximum absolute atomic E-state index is 12.2. The van der Waals surface area contributed by atoms with Crippen LogP contribution in [-0.4, -0.2) is 37.4 Å². The monoisotopic (exact) mass is 309 g/mol. The lowest BCUT2D eigenvalue weighted by atomic mass is 10.2. The number of carbonyl (C=O) groups excluding carboxylic acids is 1. The van der Waals surface area contributed by atoms with Crippen LogP contribution in [0.15, 0.2) is 29.2 Å². The number of hydrogen-bond acceptors (Lipinski definition) is 5. The van der Waals surface area contributed by atoms with E-state index in [0.29, 0.717) is 10.5 Å². The van der Waals surface area contributed by atoms with Gasteiger partial charge in [-0.15, -0.1) is 0 Å². The maximum atomic E-state index is 12.2. The van der Waals surface area contributed by atoms with Gasteiger partial charge < -0.3 is 10.2 Å². The van der Waals surface area contributed by atoms with Crippen molar-refractivity contribution in [3.05, 3.63) is 34.7 Å². The summed E-state index contributed by atoms with van der Waals surface area (Å²) in [7, 11) is 0. The fourth-order valence-electron chi connectivity index (χ4n) is 1.67. The molecule has 0 bridgehead atoms. The van der Waals surface area contributed by atoms with Crippen molar-refractivity contribution in [1.29, 1.82) is 0 Å². The number of hydrogen-bond donors (Lipinski definition) is 2. The molecule has 0 aromatic heterocycles. The zero-order chi connectivity index (χ0) is 14.9. The molecule has 1 saturated heterocycles. The van der Waals surface area contributed by atoms with Crippen molar-refractivity contribution in [1.82, 2.24) is 4.90 Å². The molecule has 1 aliphatic heterocycles. The number of amides is 1. The average Bonchev–Trinajstić information content (AvgIpc) is 2.66. The summed E-state index contributed by atoms with van der Waals surface area (Å²) in [6, 6.07) is 5.55. The molecule has 2 N–H and O–H groups in total. The lowest BCUT2D eigenvalue weighted by Crippen LogP contribution is -2.41. The first-order valence-electron chi connectivity index (χ1n) is 5.69. The summed E-state index contributed by atoms with van der Waals surface area (Å²) in [6.07, 6.45) is 1.50. The number of thiocarbonyl (C=S) groups is 1. The Morgan fingerprint density at radius 3 is 2.70 bits per heavy atom. The highest BCUT2D eigenvalue weighted by molar-refractivity contribution is 8.26. The fraction of sp³-hybridized carbons (Fsp3) is 0.154. The second-order valence-electron chi connectivity index (χ2n) is 4.12. The number of carboxylic acid groups (broad SMARTS) is 1. The summed E-state index contributed by atoms with van der Waals surface area (Å²) < 4.78 is 0.201. The number of benzene rings is 1. The van der Waals surface area contributed by atoms with Gasteiger partial charge in [-0.2, -0.15) is 0 Å². The van der Waals surface area contributed by atoms with Gasteiger partial charge in [-0.25, -0.2) is 4.79 Å². The van der Waals surface area contributed by atoms with E-state index in [9.17, 15) is 14.7 Å². The molecule has 5 nitrogen and oxygen atoms in total. The number of nitrogens with zero attached hydrogens (tertiary/aromatic N) is 1. The van der Waals surface area contributed by atoms with Crippen molar-refractivity contribution in [3.63, 3.8) is 0 Å². The van der Waals surface area contributed by atoms with Crippen molar-refractivity contribution in [2.75, 3.05) is 0 Å². The number of rotatable bonds is 3. The quantitative estimate of drug-likeness (QED) is 0.657. The minimum absolute atomic E-state index is 0.0454. The SMILES string of the molecule is CC(C(=O)O)N1C(=O)/C(=C/c2ccccc2O)SC1=S.